The number of hydrogen-bond acceptors (Lipinski definition) is 4. The topological polar surface area (TPSA) is 82.8 Å². The Labute approximate surface area is 88.8 Å². The van der Waals surface area contributed by atoms with Gasteiger partial charge in [-0.3, -0.25) is 4.98 Å². The van der Waals surface area contributed by atoms with Crippen molar-refractivity contribution in [2.24, 2.45) is 0 Å². The highest BCUT2D eigenvalue weighted by Gasteiger charge is 2.19. The minimum Gasteiger partial charge on any atom is -0.264 e. The third-order valence-electron chi connectivity index (χ3n) is 1.85. The predicted octanol–water partition coefficient (Wildman–Crippen LogP) is 0.413. The molecule has 0 saturated carbocycles. The third kappa shape index (κ3) is 3.31. The SMILES string of the molecule is CC(C#N)S(=O)(=O)NCc1cccnc1. The molecule has 6 heteroatoms. The molecule has 1 atom stereocenters. The summed E-state index contributed by atoms with van der Waals surface area (Å²) in [5.74, 6) is 0. The zero-order valence-electron chi connectivity index (χ0n) is 8.21. The van der Waals surface area contributed by atoms with E-state index in [0.717, 1.165) is 5.56 Å². The van der Waals surface area contributed by atoms with Crippen LogP contribution in [0.2, 0.25) is 0 Å². The van der Waals surface area contributed by atoms with Crippen LogP contribution in [-0.2, 0) is 16.6 Å². The molecule has 0 aliphatic heterocycles. The molecule has 5 nitrogen and oxygen atoms in total. The van der Waals surface area contributed by atoms with Gasteiger partial charge in [-0.25, -0.2) is 13.1 Å². The summed E-state index contributed by atoms with van der Waals surface area (Å²) in [7, 11) is -3.55. The average Bonchev–Trinajstić information content (AvgIpc) is 2.27. The van der Waals surface area contributed by atoms with Gasteiger partial charge < -0.3 is 0 Å². The van der Waals surface area contributed by atoms with Gasteiger partial charge in [0.25, 0.3) is 0 Å². The first-order chi connectivity index (χ1) is 7.06. The van der Waals surface area contributed by atoms with E-state index >= 15 is 0 Å². The lowest BCUT2D eigenvalue weighted by Crippen LogP contribution is -2.31. The summed E-state index contributed by atoms with van der Waals surface area (Å²) in [5.41, 5.74) is 0.756. The quantitative estimate of drug-likeness (QED) is 0.804. The van der Waals surface area contributed by atoms with E-state index in [0.29, 0.717) is 0 Å². The summed E-state index contributed by atoms with van der Waals surface area (Å²) < 4.78 is 25.1. The van der Waals surface area contributed by atoms with E-state index in [-0.39, 0.29) is 6.54 Å². The number of nitriles is 1. The number of pyridine rings is 1. The average molecular weight is 225 g/mol. The molecular formula is C9H11N3O2S. The van der Waals surface area contributed by atoms with E-state index in [4.69, 9.17) is 5.26 Å². The minimum atomic E-state index is -3.55. The van der Waals surface area contributed by atoms with Crippen molar-refractivity contribution in [1.29, 1.82) is 5.26 Å². The van der Waals surface area contributed by atoms with Gasteiger partial charge in [0, 0.05) is 18.9 Å². The number of rotatable bonds is 4. The van der Waals surface area contributed by atoms with Crippen molar-refractivity contribution in [1.82, 2.24) is 9.71 Å². The molecule has 0 fully saturated rings. The van der Waals surface area contributed by atoms with Gasteiger partial charge in [-0.05, 0) is 18.6 Å². The molecule has 1 N–H and O–H groups in total. The standard InChI is InChI=1S/C9H11N3O2S/c1-8(5-10)15(13,14)12-7-9-3-2-4-11-6-9/h2-4,6,8,12H,7H2,1H3. The molecular weight excluding hydrogens is 214 g/mol. The normalized spacial score (nSPS) is 13.1. The van der Waals surface area contributed by atoms with Crippen LogP contribution in [-0.4, -0.2) is 18.7 Å². The Balaban J connectivity index is 2.63. The van der Waals surface area contributed by atoms with Crippen LogP contribution < -0.4 is 4.72 Å². The Hall–Kier alpha value is -1.45. The van der Waals surface area contributed by atoms with Crippen molar-refractivity contribution < 1.29 is 8.42 Å². The molecule has 1 unspecified atom stereocenters. The number of aromatic nitrogens is 1. The molecule has 80 valence electrons. The Morgan fingerprint density at radius 1 is 1.67 bits per heavy atom. The first-order valence-electron chi connectivity index (χ1n) is 4.33. The highest BCUT2D eigenvalue weighted by Crippen LogP contribution is 2.00. The molecule has 0 aliphatic carbocycles. The number of nitrogens with one attached hydrogen (secondary N) is 1. The maximum atomic E-state index is 11.4. The molecule has 0 spiro atoms. The molecule has 0 aliphatic rings. The largest absolute Gasteiger partial charge is 0.264 e. The lowest BCUT2D eigenvalue weighted by atomic mass is 10.3. The van der Waals surface area contributed by atoms with E-state index in [2.05, 4.69) is 9.71 Å². The van der Waals surface area contributed by atoms with E-state index < -0.39 is 15.3 Å². The monoisotopic (exact) mass is 225 g/mol. The van der Waals surface area contributed by atoms with Gasteiger partial charge in [0.15, 0.2) is 5.25 Å². The third-order valence-corrected chi connectivity index (χ3v) is 3.43. The zero-order valence-corrected chi connectivity index (χ0v) is 9.03. The van der Waals surface area contributed by atoms with Crippen LogP contribution in [0.4, 0.5) is 0 Å². The molecule has 0 amide bonds. The smallest absolute Gasteiger partial charge is 0.227 e. The van der Waals surface area contributed by atoms with Crippen LogP contribution in [0.1, 0.15) is 12.5 Å². The van der Waals surface area contributed by atoms with Crippen LogP contribution in [0.5, 0.6) is 0 Å². The second-order valence-electron chi connectivity index (χ2n) is 3.00. The van der Waals surface area contributed by atoms with Crippen LogP contribution >= 0.6 is 0 Å². The van der Waals surface area contributed by atoms with E-state index in [1.807, 2.05) is 0 Å². The molecule has 1 aromatic heterocycles. The van der Waals surface area contributed by atoms with Crippen molar-refractivity contribution in [3.63, 3.8) is 0 Å². The fourth-order valence-corrected chi connectivity index (χ4v) is 1.64. The number of hydrogen-bond donors (Lipinski definition) is 1. The summed E-state index contributed by atoms with van der Waals surface area (Å²) in [6, 6.07) is 5.15. The van der Waals surface area contributed by atoms with Crippen LogP contribution in [0, 0.1) is 11.3 Å². The maximum Gasteiger partial charge on any atom is 0.227 e. The molecule has 0 radical (unpaired) electrons. The summed E-state index contributed by atoms with van der Waals surface area (Å²) in [6.45, 7) is 1.49. The van der Waals surface area contributed by atoms with Crippen molar-refractivity contribution in [3.8, 4) is 6.07 Å². The maximum absolute atomic E-state index is 11.4. The first kappa shape index (κ1) is 11.6. The van der Waals surface area contributed by atoms with Gasteiger partial charge in [0.2, 0.25) is 10.0 Å². The molecule has 15 heavy (non-hydrogen) atoms. The lowest BCUT2D eigenvalue weighted by Gasteiger charge is -2.07. The Morgan fingerprint density at radius 3 is 2.93 bits per heavy atom. The molecule has 0 saturated heterocycles. The Morgan fingerprint density at radius 2 is 2.40 bits per heavy atom. The van der Waals surface area contributed by atoms with Gasteiger partial charge in [-0.2, -0.15) is 5.26 Å². The van der Waals surface area contributed by atoms with Gasteiger partial charge in [-0.1, -0.05) is 6.07 Å². The lowest BCUT2D eigenvalue weighted by molar-refractivity contribution is 0.577. The highest BCUT2D eigenvalue weighted by atomic mass is 32.2. The van der Waals surface area contributed by atoms with Crippen molar-refractivity contribution >= 4 is 10.0 Å². The summed E-state index contributed by atoms with van der Waals surface area (Å²) in [5, 5.41) is 7.44. The fraction of sp³-hybridized carbons (Fsp3) is 0.333. The fourth-order valence-electron chi connectivity index (χ4n) is 0.881. The molecule has 0 bridgehead atoms. The zero-order chi connectivity index (χ0) is 11.3. The molecule has 1 rings (SSSR count). The Kier molecular flexibility index (Phi) is 3.77. The van der Waals surface area contributed by atoms with Crippen LogP contribution in [0.3, 0.4) is 0 Å². The van der Waals surface area contributed by atoms with Crippen molar-refractivity contribution in [2.75, 3.05) is 0 Å². The van der Waals surface area contributed by atoms with Gasteiger partial charge in [0.1, 0.15) is 0 Å². The van der Waals surface area contributed by atoms with Crippen LogP contribution in [0.15, 0.2) is 24.5 Å². The second kappa shape index (κ2) is 4.87. The first-order valence-corrected chi connectivity index (χ1v) is 5.88. The predicted molar refractivity (Wildman–Crippen MR) is 55.1 cm³/mol. The molecule has 0 aromatic carbocycles. The van der Waals surface area contributed by atoms with E-state index in [9.17, 15) is 8.42 Å². The van der Waals surface area contributed by atoms with Gasteiger partial charge >= 0.3 is 0 Å². The summed E-state index contributed by atoms with van der Waals surface area (Å²) >= 11 is 0. The highest BCUT2D eigenvalue weighted by molar-refractivity contribution is 7.90. The minimum absolute atomic E-state index is 0.155. The van der Waals surface area contributed by atoms with Gasteiger partial charge in [-0.15, -0.1) is 0 Å². The number of nitrogens with zero attached hydrogens (tertiary/aromatic N) is 2. The Bertz CT molecular complexity index is 450. The second-order valence-corrected chi connectivity index (χ2v) is 5.08. The van der Waals surface area contributed by atoms with Crippen molar-refractivity contribution in [3.05, 3.63) is 30.1 Å². The van der Waals surface area contributed by atoms with Crippen molar-refractivity contribution in [2.45, 2.75) is 18.7 Å². The molecule has 1 heterocycles. The van der Waals surface area contributed by atoms with Crippen LogP contribution in [0.25, 0.3) is 0 Å². The summed E-state index contributed by atoms with van der Waals surface area (Å²) in [6.07, 6.45) is 3.18. The number of sulfonamides is 1. The van der Waals surface area contributed by atoms with Gasteiger partial charge in [0.05, 0.1) is 6.07 Å². The molecule has 1 aromatic rings. The van der Waals surface area contributed by atoms with E-state index in [1.165, 1.54) is 6.92 Å². The summed E-state index contributed by atoms with van der Waals surface area (Å²) in [4.78, 5) is 3.85. The van der Waals surface area contributed by atoms with E-state index in [1.54, 1.807) is 30.6 Å².